The van der Waals surface area contributed by atoms with Gasteiger partial charge in [-0.3, -0.25) is 0 Å². The van der Waals surface area contributed by atoms with Crippen LogP contribution in [0.2, 0.25) is 0 Å². The number of para-hydroxylation sites is 1. The van der Waals surface area contributed by atoms with E-state index >= 15 is 0 Å². The number of nitrogens with one attached hydrogen (secondary N) is 1. The molecule has 0 aromatic heterocycles. The first-order chi connectivity index (χ1) is 9.72. The number of ether oxygens (including phenoxy) is 1. The van der Waals surface area contributed by atoms with E-state index in [1.54, 1.807) is 0 Å². The van der Waals surface area contributed by atoms with E-state index in [1.165, 1.54) is 16.7 Å². The molecule has 104 valence electrons. The summed E-state index contributed by atoms with van der Waals surface area (Å²) in [6.07, 6.45) is 1.25. The topological polar surface area (TPSA) is 21.3 Å². The minimum atomic E-state index is 0.250. The first-order valence-corrected chi connectivity index (χ1v) is 7.27. The van der Waals surface area contributed by atoms with Gasteiger partial charge < -0.3 is 10.1 Å². The summed E-state index contributed by atoms with van der Waals surface area (Å²) in [6.45, 7) is 5.20. The van der Waals surface area contributed by atoms with Crippen LogP contribution < -0.4 is 10.1 Å². The largest absolute Gasteiger partial charge is 0.488 e. The summed E-state index contributed by atoms with van der Waals surface area (Å²) in [7, 11) is 0. The van der Waals surface area contributed by atoms with E-state index in [9.17, 15) is 0 Å². The molecule has 0 amide bonds. The van der Waals surface area contributed by atoms with Gasteiger partial charge in [0.05, 0.1) is 0 Å². The van der Waals surface area contributed by atoms with Gasteiger partial charge in [0, 0.05) is 19.0 Å². The predicted octanol–water partition coefficient (Wildman–Crippen LogP) is 3.65. The summed E-state index contributed by atoms with van der Waals surface area (Å²) in [5, 5.41) is 3.57. The van der Waals surface area contributed by atoms with Crippen LogP contribution in [0.15, 0.2) is 48.5 Å². The fraction of sp³-hybridized carbons (Fsp3) is 0.333. The minimum absolute atomic E-state index is 0.250. The van der Waals surface area contributed by atoms with E-state index in [4.69, 9.17) is 4.74 Å². The molecular formula is C18H21NO. The molecular weight excluding hydrogens is 246 g/mol. The highest BCUT2D eigenvalue weighted by molar-refractivity contribution is 5.37. The fourth-order valence-corrected chi connectivity index (χ4v) is 2.65. The van der Waals surface area contributed by atoms with Crippen LogP contribution in [0.4, 0.5) is 0 Å². The van der Waals surface area contributed by atoms with Crippen molar-refractivity contribution in [2.45, 2.75) is 32.4 Å². The average Bonchev–Trinajstić information content (AvgIpc) is 2.88. The summed E-state index contributed by atoms with van der Waals surface area (Å²) in [5.74, 6) is 1.04. The average molecular weight is 267 g/mol. The van der Waals surface area contributed by atoms with Crippen molar-refractivity contribution in [3.05, 3.63) is 65.2 Å². The van der Waals surface area contributed by atoms with Crippen molar-refractivity contribution in [1.29, 1.82) is 0 Å². The van der Waals surface area contributed by atoms with E-state index in [0.717, 1.165) is 18.7 Å². The monoisotopic (exact) mass is 267 g/mol. The van der Waals surface area contributed by atoms with Crippen LogP contribution >= 0.6 is 0 Å². The van der Waals surface area contributed by atoms with Crippen LogP contribution in [0, 0.1) is 6.92 Å². The van der Waals surface area contributed by atoms with Gasteiger partial charge in [-0.15, -0.1) is 0 Å². The zero-order valence-corrected chi connectivity index (χ0v) is 12.1. The molecule has 2 aromatic rings. The summed E-state index contributed by atoms with van der Waals surface area (Å²) >= 11 is 0. The van der Waals surface area contributed by atoms with E-state index in [2.05, 4.69) is 61.6 Å². The molecule has 3 rings (SSSR count). The maximum atomic E-state index is 5.95. The number of fused-ring (bicyclic) bond motifs is 1. The molecule has 0 saturated carbocycles. The van der Waals surface area contributed by atoms with Crippen molar-refractivity contribution >= 4 is 0 Å². The molecule has 0 fully saturated rings. The zero-order chi connectivity index (χ0) is 13.9. The molecule has 1 aliphatic heterocycles. The third-order valence-corrected chi connectivity index (χ3v) is 3.94. The quantitative estimate of drug-likeness (QED) is 0.913. The van der Waals surface area contributed by atoms with E-state index in [-0.39, 0.29) is 6.10 Å². The Bertz CT molecular complexity index is 551. The second kappa shape index (κ2) is 5.68. The highest BCUT2D eigenvalue weighted by Crippen LogP contribution is 2.28. The van der Waals surface area contributed by atoms with Crippen molar-refractivity contribution in [2.75, 3.05) is 6.54 Å². The molecule has 1 N–H and O–H groups in total. The van der Waals surface area contributed by atoms with Crippen LogP contribution in [-0.2, 0) is 6.42 Å². The fourth-order valence-electron chi connectivity index (χ4n) is 2.65. The third kappa shape index (κ3) is 2.86. The smallest absolute Gasteiger partial charge is 0.123 e. The molecule has 1 unspecified atom stereocenters. The molecule has 20 heavy (non-hydrogen) atoms. The number of aryl methyl sites for hydroxylation is 1. The lowest BCUT2D eigenvalue weighted by Crippen LogP contribution is -2.31. The first kappa shape index (κ1) is 13.2. The summed E-state index contributed by atoms with van der Waals surface area (Å²) in [6, 6.07) is 17.4. The third-order valence-electron chi connectivity index (χ3n) is 3.94. The molecule has 2 atom stereocenters. The van der Waals surface area contributed by atoms with Crippen LogP contribution in [0.25, 0.3) is 0 Å². The highest BCUT2D eigenvalue weighted by atomic mass is 16.5. The van der Waals surface area contributed by atoms with Crippen LogP contribution in [-0.4, -0.2) is 12.6 Å². The van der Waals surface area contributed by atoms with Gasteiger partial charge in [0.15, 0.2) is 0 Å². The Hall–Kier alpha value is -1.80. The molecule has 0 spiro atoms. The van der Waals surface area contributed by atoms with Gasteiger partial charge in [0.25, 0.3) is 0 Å². The van der Waals surface area contributed by atoms with Crippen LogP contribution in [0.3, 0.4) is 0 Å². The minimum Gasteiger partial charge on any atom is -0.488 e. The summed E-state index contributed by atoms with van der Waals surface area (Å²) in [5.41, 5.74) is 3.95. The number of benzene rings is 2. The van der Waals surface area contributed by atoms with Gasteiger partial charge in [-0.1, -0.05) is 48.0 Å². The number of rotatable bonds is 4. The van der Waals surface area contributed by atoms with Crippen LogP contribution in [0.5, 0.6) is 5.75 Å². The Morgan fingerprint density at radius 3 is 2.65 bits per heavy atom. The van der Waals surface area contributed by atoms with Gasteiger partial charge >= 0.3 is 0 Å². The lowest BCUT2D eigenvalue weighted by molar-refractivity contribution is 0.222. The van der Waals surface area contributed by atoms with Crippen LogP contribution in [0.1, 0.15) is 29.7 Å². The van der Waals surface area contributed by atoms with E-state index < -0.39 is 0 Å². The van der Waals surface area contributed by atoms with Crippen molar-refractivity contribution in [2.24, 2.45) is 0 Å². The molecule has 0 bridgehead atoms. The summed E-state index contributed by atoms with van der Waals surface area (Å²) < 4.78 is 5.95. The Morgan fingerprint density at radius 2 is 1.90 bits per heavy atom. The van der Waals surface area contributed by atoms with Gasteiger partial charge in [0.2, 0.25) is 0 Å². The first-order valence-electron chi connectivity index (χ1n) is 7.27. The Kier molecular flexibility index (Phi) is 3.75. The van der Waals surface area contributed by atoms with Crippen molar-refractivity contribution in [3.8, 4) is 5.75 Å². The van der Waals surface area contributed by atoms with E-state index in [0.29, 0.717) is 6.04 Å². The van der Waals surface area contributed by atoms with E-state index in [1.807, 2.05) is 6.07 Å². The molecule has 0 saturated heterocycles. The molecule has 1 heterocycles. The Balaban J connectivity index is 1.55. The lowest BCUT2D eigenvalue weighted by atomic mass is 10.1. The molecule has 1 aliphatic rings. The second-order valence-electron chi connectivity index (χ2n) is 5.59. The molecule has 2 heteroatoms. The number of hydrogen-bond acceptors (Lipinski definition) is 2. The van der Waals surface area contributed by atoms with Crippen molar-refractivity contribution in [3.63, 3.8) is 0 Å². The van der Waals surface area contributed by atoms with Gasteiger partial charge in [-0.2, -0.15) is 0 Å². The van der Waals surface area contributed by atoms with Gasteiger partial charge in [0.1, 0.15) is 11.9 Å². The molecule has 0 radical (unpaired) electrons. The second-order valence-corrected chi connectivity index (χ2v) is 5.59. The zero-order valence-electron chi connectivity index (χ0n) is 12.1. The Morgan fingerprint density at radius 1 is 1.15 bits per heavy atom. The number of hydrogen-bond donors (Lipinski definition) is 1. The SMILES string of the molecule is Cc1ccc([C@H](C)NCC2Cc3ccccc3O2)cc1. The maximum Gasteiger partial charge on any atom is 0.123 e. The summed E-state index contributed by atoms with van der Waals surface area (Å²) in [4.78, 5) is 0. The predicted molar refractivity (Wildman–Crippen MR) is 82.2 cm³/mol. The highest BCUT2D eigenvalue weighted by Gasteiger charge is 2.22. The molecule has 2 nitrogen and oxygen atoms in total. The van der Waals surface area contributed by atoms with Gasteiger partial charge in [-0.25, -0.2) is 0 Å². The maximum absolute atomic E-state index is 5.95. The van der Waals surface area contributed by atoms with Gasteiger partial charge in [-0.05, 0) is 31.0 Å². The Labute approximate surface area is 120 Å². The van der Waals surface area contributed by atoms with Crippen molar-refractivity contribution < 1.29 is 4.74 Å². The molecule has 0 aliphatic carbocycles. The normalized spacial score (nSPS) is 18.4. The molecule has 2 aromatic carbocycles. The lowest BCUT2D eigenvalue weighted by Gasteiger charge is -2.18. The standard InChI is InChI=1S/C18H21NO/c1-13-7-9-15(10-8-13)14(2)19-12-17-11-16-5-3-4-6-18(16)20-17/h3-10,14,17,19H,11-12H2,1-2H3/t14-,17?/m0/s1. The van der Waals surface area contributed by atoms with Crippen molar-refractivity contribution in [1.82, 2.24) is 5.32 Å².